The Balaban J connectivity index is 5.02. The second-order valence-electron chi connectivity index (χ2n) is 26.4. The van der Waals surface area contributed by atoms with Gasteiger partial charge in [0.15, 0.2) is 0 Å². The minimum absolute atomic E-state index is 0.0371. The van der Waals surface area contributed by atoms with Crippen LogP contribution in [0.3, 0.4) is 0 Å². The molecule has 1 amide bonds. The predicted molar refractivity (Wildman–Crippen MR) is 383 cm³/mol. The highest BCUT2D eigenvalue weighted by Gasteiger charge is 2.30. The van der Waals surface area contributed by atoms with E-state index in [0.29, 0.717) is 23.9 Å². The van der Waals surface area contributed by atoms with Crippen molar-refractivity contribution in [3.8, 4) is 0 Å². The van der Waals surface area contributed by atoms with Crippen LogP contribution in [0.1, 0.15) is 348 Å². The van der Waals surface area contributed by atoms with Crippen LogP contribution >= 0.6 is 7.82 Å². The third-order valence-electron chi connectivity index (χ3n) is 16.6. The van der Waals surface area contributed by atoms with E-state index in [1.807, 2.05) is 33.3 Å². The molecule has 0 aromatic carbocycles. The van der Waals surface area contributed by atoms with Crippen LogP contribution in [-0.2, 0) is 27.9 Å². The van der Waals surface area contributed by atoms with Crippen LogP contribution in [0.2, 0.25) is 0 Å². The minimum atomic E-state index is -4.46. The van der Waals surface area contributed by atoms with Crippen molar-refractivity contribution >= 4 is 19.7 Å². The minimum Gasteiger partial charge on any atom is -0.456 e. The molecule has 0 aliphatic rings. The predicted octanol–water partition coefficient (Wildman–Crippen LogP) is 24.1. The molecule has 0 bridgehead atoms. The number of carbonyl (C=O) groups is 2. The smallest absolute Gasteiger partial charge is 0.456 e. The first-order valence-electron chi connectivity index (χ1n) is 37.4. The molecule has 0 fully saturated rings. The summed E-state index contributed by atoms with van der Waals surface area (Å²) in [4.78, 5) is 38.0. The fourth-order valence-electron chi connectivity index (χ4n) is 10.9. The van der Waals surface area contributed by atoms with Crippen LogP contribution in [0.4, 0.5) is 0 Å². The summed E-state index contributed by atoms with van der Waals surface area (Å²) in [7, 11) is 1.49. The van der Waals surface area contributed by atoms with Crippen LogP contribution in [-0.4, -0.2) is 74.3 Å². The maximum Gasteiger partial charge on any atom is 0.472 e. The molecule has 0 saturated heterocycles. The quantitative estimate of drug-likeness (QED) is 0.0205. The number of unbranched alkanes of at least 4 members (excludes halogenated alkanes) is 40. The Morgan fingerprint density at radius 2 is 0.727 bits per heavy atom. The molecule has 0 rings (SSSR count). The van der Waals surface area contributed by atoms with E-state index in [9.17, 15) is 19.0 Å². The molecule has 0 radical (unpaired) electrons. The van der Waals surface area contributed by atoms with Crippen LogP contribution in [0.25, 0.3) is 0 Å². The van der Waals surface area contributed by atoms with E-state index in [1.54, 1.807) is 0 Å². The van der Waals surface area contributed by atoms with E-state index in [4.69, 9.17) is 13.8 Å². The van der Waals surface area contributed by atoms with Gasteiger partial charge in [0, 0.05) is 12.8 Å². The molecule has 0 heterocycles. The second kappa shape index (κ2) is 67.1. The Kier molecular flexibility index (Phi) is 64.9. The van der Waals surface area contributed by atoms with Gasteiger partial charge in [-0.2, -0.15) is 0 Å². The molecule has 3 atom stereocenters. The number of allylic oxidation sites excluding steroid dienone is 13. The third kappa shape index (κ3) is 67.6. The van der Waals surface area contributed by atoms with Gasteiger partial charge in [0.05, 0.1) is 33.8 Å². The highest BCUT2D eigenvalue weighted by Crippen LogP contribution is 2.43. The number of amides is 1. The second-order valence-corrected chi connectivity index (χ2v) is 27.9. The number of rotatable bonds is 68. The van der Waals surface area contributed by atoms with Crippen molar-refractivity contribution in [2.24, 2.45) is 0 Å². The molecule has 0 aliphatic heterocycles. The fourth-order valence-corrected chi connectivity index (χ4v) is 11.6. The van der Waals surface area contributed by atoms with Crippen LogP contribution in [0, 0.1) is 0 Å². The average molecular weight is 1250 g/mol. The lowest BCUT2D eigenvalue weighted by molar-refractivity contribution is -0.870. The SMILES string of the molecule is CC/C=C\C/C=C\C/C=C\C/C=C\C/C=C\C/C=C\CCCCCCCCCCC(=O)NC(COP(=O)(O)OCC[N+](C)(C)C)C(/C=C/CCCCCCCCCCCC)OC(=O)CCCCCCCCCCCCCCCCCCCCCCCCC. The number of phosphoric ester groups is 1. The third-order valence-corrected chi connectivity index (χ3v) is 17.6. The highest BCUT2D eigenvalue weighted by atomic mass is 31.2. The van der Waals surface area contributed by atoms with Gasteiger partial charge in [0.25, 0.3) is 0 Å². The first-order valence-corrected chi connectivity index (χ1v) is 38.9. The standard InChI is InChI=1S/C78H143N2O7P/c1-7-10-13-16-19-22-25-28-30-32-34-36-38-39-40-41-43-44-46-48-50-52-55-58-61-64-67-70-77(81)79-75(74-86-88(83,84)85-73-72-80(4,5)6)76(69-66-63-60-57-54-27-24-21-18-15-12-9-3)87-78(82)71-68-65-62-59-56-53-51-49-47-45-42-37-35-33-31-29-26-23-20-17-14-11-8-2/h10,13,19,22,28,30,34,36,39-40,43-44,66,69,75-76H,7-9,11-12,14-18,20-21,23-27,29,31-33,35,37-38,41-42,45-65,67-68,70-74H2,1-6H3,(H-,79,81,83,84)/p+1/b13-10-,22-19-,30-28-,36-34-,40-39-,44-43-,69-66+. The number of hydrogen-bond acceptors (Lipinski definition) is 6. The number of carbonyl (C=O) groups excluding carboxylic acids is 2. The summed E-state index contributed by atoms with van der Waals surface area (Å²) in [5.74, 6) is -0.503. The van der Waals surface area contributed by atoms with Crippen molar-refractivity contribution < 1.29 is 37.3 Å². The molecular formula is C78H144N2O7P+. The zero-order chi connectivity index (χ0) is 64.2. The lowest BCUT2D eigenvalue weighted by atomic mass is 10.0. The molecule has 0 spiro atoms. The summed E-state index contributed by atoms with van der Waals surface area (Å²) in [6.45, 7) is 6.94. The lowest BCUT2D eigenvalue weighted by Gasteiger charge is -2.27. The molecule has 2 N–H and O–H groups in total. The van der Waals surface area contributed by atoms with Gasteiger partial charge in [-0.1, -0.05) is 337 Å². The molecule has 0 aliphatic carbocycles. The van der Waals surface area contributed by atoms with Crippen molar-refractivity contribution in [1.29, 1.82) is 0 Å². The number of ether oxygens (including phenoxy) is 1. The van der Waals surface area contributed by atoms with Crippen molar-refractivity contribution in [2.75, 3.05) is 40.9 Å². The van der Waals surface area contributed by atoms with Gasteiger partial charge < -0.3 is 19.4 Å². The number of esters is 1. The number of quaternary nitrogens is 1. The van der Waals surface area contributed by atoms with E-state index < -0.39 is 20.0 Å². The maximum atomic E-state index is 13.6. The van der Waals surface area contributed by atoms with Gasteiger partial charge in [0.1, 0.15) is 19.3 Å². The monoisotopic (exact) mass is 1250 g/mol. The number of phosphoric acid groups is 1. The van der Waals surface area contributed by atoms with Gasteiger partial charge in [-0.05, 0) is 83.1 Å². The van der Waals surface area contributed by atoms with Crippen LogP contribution < -0.4 is 5.32 Å². The van der Waals surface area contributed by atoms with Gasteiger partial charge in [0.2, 0.25) is 5.91 Å². The van der Waals surface area contributed by atoms with E-state index in [0.717, 1.165) is 109 Å². The normalized spacial score (nSPS) is 13.9. The average Bonchev–Trinajstić information content (AvgIpc) is 3.66. The molecule has 0 saturated carbocycles. The lowest BCUT2D eigenvalue weighted by Crippen LogP contribution is -2.47. The van der Waals surface area contributed by atoms with Crippen molar-refractivity contribution in [1.82, 2.24) is 5.32 Å². The summed E-state index contributed by atoms with van der Waals surface area (Å²) >= 11 is 0. The summed E-state index contributed by atoms with van der Waals surface area (Å²) in [5, 5.41) is 3.07. The number of hydrogen-bond donors (Lipinski definition) is 2. The molecule has 3 unspecified atom stereocenters. The Morgan fingerprint density at radius 1 is 0.409 bits per heavy atom. The Labute approximate surface area is 546 Å². The van der Waals surface area contributed by atoms with Crippen molar-refractivity contribution in [3.05, 3.63) is 85.1 Å². The summed E-state index contributed by atoms with van der Waals surface area (Å²) < 4.78 is 30.9. The van der Waals surface area contributed by atoms with Crippen LogP contribution in [0.15, 0.2) is 85.1 Å². The molecule has 88 heavy (non-hydrogen) atoms. The van der Waals surface area contributed by atoms with Gasteiger partial charge in [-0.15, -0.1) is 0 Å². The number of likely N-dealkylation sites (N-methyl/N-ethyl adjacent to an activating group) is 1. The van der Waals surface area contributed by atoms with Gasteiger partial charge in [-0.3, -0.25) is 18.6 Å². The summed E-state index contributed by atoms with van der Waals surface area (Å²) in [6, 6.07) is -0.856. The van der Waals surface area contributed by atoms with E-state index >= 15 is 0 Å². The Morgan fingerprint density at radius 3 is 1.09 bits per heavy atom. The Bertz CT molecular complexity index is 1780. The molecule has 10 heteroatoms. The van der Waals surface area contributed by atoms with Gasteiger partial charge >= 0.3 is 13.8 Å². The van der Waals surface area contributed by atoms with Crippen molar-refractivity contribution in [3.63, 3.8) is 0 Å². The zero-order valence-corrected chi connectivity index (χ0v) is 59.6. The summed E-state index contributed by atoms with van der Waals surface area (Å²) in [5.41, 5.74) is 0. The maximum absolute atomic E-state index is 13.6. The first-order chi connectivity index (χ1) is 42.9. The Hall–Kier alpha value is -2.81. The van der Waals surface area contributed by atoms with Gasteiger partial charge in [-0.25, -0.2) is 4.57 Å². The molecule has 0 aromatic rings. The molecule has 512 valence electrons. The summed E-state index contributed by atoms with van der Waals surface area (Å²) in [6.07, 6.45) is 90.3. The molecular weight excluding hydrogens is 1110 g/mol. The number of nitrogens with one attached hydrogen (secondary N) is 1. The number of nitrogens with zero attached hydrogens (tertiary/aromatic N) is 1. The zero-order valence-electron chi connectivity index (χ0n) is 58.7. The molecule has 9 nitrogen and oxygen atoms in total. The fraction of sp³-hybridized carbons (Fsp3) is 0.795. The highest BCUT2D eigenvalue weighted by molar-refractivity contribution is 7.47. The first kappa shape index (κ1) is 85.2. The van der Waals surface area contributed by atoms with Crippen molar-refractivity contribution in [2.45, 2.75) is 360 Å². The molecule has 0 aromatic heterocycles. The van der Waals surface area contributed by atoms with E-state index in [-0.39, 0.29) is 25.1 Å². The largest absolute Gasteiger partial charge is 0.472 e. The van der Waals surface area contributed by atoms with E-state index in [2.05, 4.69) is 99.0 Å². The van der Waals surface area contributed by atoms with Crippen LogP contribution in [0.5, 0.6) is 0 Å². The topological polar surface area (TPSA) is 111 Å². The van der Waals surface area contributed by atoms with E-state index in [1.165, 1.54) is 205 Å².